The van der Waals surface area contributed by atoms with Crippen LogP contribution in [0.5, 0.6) is 0 Å². The number of nitrogens with one attached hydrogen (secondary N) is 2. The predicted octanol–water partition coefficient (Wildman–Crippen LogP) is 6.29. The molecule has 0 saturated carbocycles. The average molecular weight is 550 g/mol. The summed E-state index contributed by atoms with van der Waals surface area (Å²) in [7, 11) is 0. The molecule has 1 aliphatic carbocycles. The Balaban J connectivity index is 1.13. The van der Waals surface area contributed by atoms with Gasteiger partial charge in [-0.05, 0) is 45.5 Å². The van der Waals surface area contributed by atoms with Crippen LogP contribution in [0.25, 0.3) is 21.6 Å². The van der Waals surface area contributed by atoms with E-state index in [0.29, 0.717) is 25.1 Å². The zero-order chi connectivity index (χ0) is 27.5. The zero-order valence-corrected chi connectivity index (χ0v) is 22.5. The van der Waals surface area contributed by atoms with Gasteiger partial charge in [-0.25, -0.2) is 9.37 Å². The van der Waals surface area contributed by atoms with Crippen LogP contribution in [0, 0.1) is 5.82 Å². The first-order chi connectivity index (χ1) is 19.6. The van der Waals surface area contributed by atoms with Gasteiger partial charge in [-0.2, -0.15) is 0 Å². The molecule has 3 N–H and O–H groups in total. The Bertz CT molecular complexity index is 1640. The fourth-order valence-electron chi connectivity index (χ4n) is 5.23. The molecule has 1 aliphatic rings. The summed E-state index contributed by atoms with van der Waals surface area (Å²) in [5.74, 6) is -1.14. The van der Waals surface area contributed by atoms with E-state index in [1.807, 2.05) is 72.2 Å². The number of benzene rings is 4. The number of carbonyl (C=O) groups is 1. The summed E-state index contributed by atoms with van der Waals surface area (Å²) in [6.45, 7) is 1.22. The number of aromatic nitrogens is 1. The Hall–Kier alpha value is -4.17. The Morgan fingerprint density at radius 2 is 1.65 bits per heavy atom. The summed E-state index contributed by atoms with van der Waals surface area (Å²) in [6.07, 6.45) is -0.347. The quantitative estimate of drug-likeness (QED) is 0.213. The number of thiazole rings is 1. The van der Waals surface area contributed by atoms with Crippen LogP contribution in [0.1, 0.15) is 38.8 Å². The lowest BCUT2D eigenvalue weighted by Gasteiger charge is -2.19. The first-order valence-corrected chi connectivity index (χ1v) is 14.1. The molecule has 0 fully saturated rings. The highest BCUT2D eigenvalue weighted by Gasteiger charge is 2.33. The minimum atomic E-state index is -0.780. The van der Waals surface area contributed by atoms with E-state index in [1.165, 1.54) is 12.1 Å². The van der Waals surface area contributed by atoms with E-state index in [2.05, 4.69) is 27.8 Å². The maximum absolute atomic E-state index is 15.0. The SMILES string of the molecule is O=C(N[C@@H]1c2cc(CNCc3ncsc3-c3ccccc3)ccc2C[C@H]1O)c1ccc(-c2ccccc2)cc1F. The topological polar surface area (TPSA) is 74.2 Å². The van der Waals surface area contributed by atoms with Crippen LogP contribution in [0.15, 0.2) is 103 Å². The number of fused-ring (bicyclic) bond motifs is 1. The van der Waals surface area contributed by atoms with E-state index in [1.54, 1.807) is 17.4 Å². The van der Waals surface area contributed by atoms with Gasteiger partial charge in [0.15, 0.2) is 0 Å². The Morgan fingerprint density at radius 3 is 2.40 bits per heavy atom. The molecular weight excluding hydrogens is 521 g/mol. The molecule has 1 amide bonds. The first kappa shape index (κ1) is 26.1. The predicted molar refractivity (Wildman–Crippen MR) is 156 cm³/mol. The van der Waals surface area contributed by atoms with Gasteiger partial charge >= 0.3 is 0 Å². The van der Waals surface area contributed by atoms with Crippen LogP contribution in [0.3, 0.4) is 0 Å². The normalized spacial score (nSPS) is 16.1. The number of aliphatic hydroxyl groups is 1. The fourth-order valence-corrected chi connectivity index (χ4v) is 6.05. The van der Waals surface area contributed by atoms with E-state index >= 15 is 0 Å². The van der Waals surface area contributed by atoms with E-state index in [9.17, 15) is 14.3 Å². The van der Waals surface area contributed by atoms with Crippen LogP contribution < -0.4 is 10.6 Å². The number of hydrogen-bond donors (Lipinski definition) is 3. The van der Waals surface area contributed by atoms with Gasteiger partial charge in [0.25, 0.3) is 5.91 Å². The Kier molecular flexibility index (Phi) is 7.51. The number of hydrogen-bond acceptors (Lipinski definition) is 5. The average Bonchev–Trinajstić information content (AvgIpc) is 3.57. The molecule has 0 spiro atoms. The molecule has 4 aromatic carbocycles. The fraction of sp³-hybridized carbons (Fsp3) is 0.152. The lowest BCUT2D eigenvalue weighted by molar-refractivity contribution is 0.0854. The molecule has 40 heavy (non-hydrogen) atoms. The molecule has 5 aromatic rings. The summed E-state index contributed by atoms with van der Waals surface area (Å²) >= 11 is 1.62. The second-order valence-electron chi connectivity index (χ2n) is 9.91. The molecule has 0 unspecified atom stereocenters. The second-order valence-corrected chi connectivity index (χ2v) is 10.8. The van der Waals surface area contributed by atoms with E-state index in [0.717, 1.165) is 38.4 Å². The van der Waals surface area contributed by atoms with Crippen LogP contribution in [0.4, 0.5) is 4.39 Å². The molecule has 1 aromatic heterocycles. The smallest absolute Gasteiger partial charge is 0.254 e. The summed E-state index contributed by atoms with van der Waals surface area (Å²) in [5, 5.41) is 17.1. The molecular formula is C33H28FN3O2S. The van der Waals surface area contributed by atoms with Crippen molar-refractivity contribution in [1.82, 2.24) is 15.6 Å². The van der Waals surface area contributed by atoms with Gasteiger partial charge in [0.2, 0.25) is 0 Å². The standard InChI is InChI=1S/C33H28FN3O2S/c34-28-16-24(22-7-3-1-4-8-22)13-14-26(28)33(39)37-31-27-15-21(11-12-25(27)17-30(31)38)18-35-19-29-32(40-20-36-29)23-9-5-2-6-10-23/h1-16,20,30-31,35,38H,17-19H2,(H,37,39)/t30-,31-/m1/s1. The van der Waals surface area contributed by atoms with Crippen molar-refractivity contribution in [1.29, 1.82) is 0 Å². The number of amides is 1. The van der Waals surface area contributed by atoms with Gasteiger partial charge in [-0.3, -0.25) is 4.79 Å². The van der Waals surface area contributed by atoms with Crippen LogP contribution in [-0.2, 0) is 19.5 Å². The molecule has 0 aliphatic heterocycles. The van der Waals surface area contributed by atoms with Crippen molar-refractivity contribution in [2.45, 2.75) is 31.7 Å². The summed E-state index contributed by atoms with van der Waals surface area (Å²) < 4.78 is 15.0. The molecule has 0 bridgehead atoms. The highest BCUT2D eigenvalue weighted by atomic mass is 32.1. The van der Waals surface area contributed by atoms with E-state index in [4.69, 9.17) is 0 Å². The third kappa shape index (κ3) is 5.45. The van der Waals surface area contributed by atoms with Crippen molar-refractivity contribution < 1.29 is 14.3 Å². The van der Waals surface area contributed by atoms with Crippen molar-refractivity contribution in [2.75, 3.05) is 0 Å². The van der Waals surface area contributed by atoms with Gasteiger partial charge in [-0.1, -0.05) is 84.9 Å². The van der Waals surface area contributed by atoms with Crippen molar-refractivity contribution in [3.8, 4) is 21.6 Å². The molecule has 7 heteroatoms. The highest BCUT2D eigenvalue weighted by molar-refractivity contribution is 7.13. The molecule has 200 valence electrons. The zero-order valence-electron chi connectivity index (χ0n) is 21.7. The van der Waals surface area contributed by atoms with Crippen LogP contribution in [-0.4, -0.2) is 22.1 Å². The van der Waals surface area contributed by atoms with Crippen molar-refractivity contribution >= 4 is 17.2 Å². The summed E-state index contributed by atoms with van der Waals surface area (Å²) in [6, 6.07) is 29.7. The van der Waals surface area contributed by atoms with Crippen molar-refractivity contribution in [3.05, 3.63) is 136 Å². The van der Waals surface area contributed by atoms with Gasteiger partial charge in [0.1, 0.15) is 5.82 Å². The van der Waals surface area contributed by atoms with Gasteiger partial charge in [0, 0.05) is 19.5 Å². The second kappa shape index (κ2) is 11.5. The molecule has 1 heterocycles. The van der Waals surface area contributed by atoms with Crippen molar-refractivity contribution in [3.63, 3.8) is 0 Å². The van der Waals surface area contributed by atoms with E-state index in [-0.39, 0.29) is 5.56 Å². The Labute approximate surface area is 236 Å². The lowest BCUT2D eigenvalue weighted by Crippen LogP contribution is -2.34. The lowest BCUT2D eigenvalue weighted by atomic mass is 10.0. The number of carbonyl (C=O) groups excluding carboxylic acids is 1. The number of nitrogens with zero attached hydrogens (tertiary/aromatic N) is 1. The van der Waals surface area contributed by atoms with E-state index < -0.39 is 23.9 Å². The molecule has 6 rings (SSSR count). The molecule has 0 saturated heterocycles. The third-order valence-corrected chi connectivity index (χ3v) is 8.18. The minimum absolute atomic E-state index is 0.0457. The van der Waals surface area contributed by atoms with Crippen molar-refractivity contribution in [2.24, 2.45) is 0 Å². The first-order valence-electron chi connectivity index (χ1n) is 13.2. The van der Waals surface area contributed by atoms with Gasteiger partial charge in [-0.15, -0.1) is 11.3 Å². The van der Waals surface area contributed by atoms with Crippen LogP contribution in [0.2, 0.25) is 0 Å². The molecule has 5 nitrogen and oxygen atoms in total. The van der Waals surface area contributed by atoms with Gasteiger partial charge < -0.3 is 15.7 Å². The van der Waals surface area contributed by atoms with Crippen LogP contribution >= 0.6 is 11.3 Å². The largest absolute Gasteiger partial charge is 0.390 e. The van der Waals surface area contributed by atoms with Gasteiger partial charge in [0.05, 0.1) is 33.8 Å². The Morgan fingerprint density at radius 1 is 0.900 bits per heavy atom. The molecule has 0 radical (unpaired) electrons. The number of aliphatic hydroxyl groups excluding tert-OH is 1. The summed E-state index contributed by atoms with van der Waals surface area (Å²) in [4.78, 5) is 18.8. The third-order valence-electron chi connectivity index (χ3n) is 7.27. The monoisotopic (exact) mass is 549 g/mol. The summed E-state index contributed by atoms with van der Waals surface area (Å²) in [5.41, 5.74) is 8.41. The molecule has 2 atom stereocenters. The highest BCUT2D eigenvalue weighted by Crippen LogP contribution is 2.33. The number of rotatable bonds is 8. The maximum Gasteiger partial charge on any atom is 0.254 e. The maximum atomic E-state index is 15.0. The number of halogens is 1. The minimum Gasteiger partial charge on any atom is -0.390 e.